The SMILES string of the molecule is BN1c2ccc(-c3c(C)cccc3P)cc2C(C)(C)c2cc(C=C3C(=O)c4cc5ccccc5cc4C3=O)sc21. The molecule has 2 heterocycles. The van der Waals surface area contributed by atoms with Gasteiger partial charge in [-0.05, 0) is 87.2 Å². The Hall–Kier alpha value is -3.79. The Morgan fingerprint density at radius 3 is 2.17 bits per heavy atom. The van der Waals surface area contributed by atoms with Crippen LogP contribution in [0.1, 0.15) is 56.1 Å². The highest BCUT2D eigenvalue weighted by atomic mass is 32.1. The molecule has 0 N–H and O–H groups in total. The molecule has 1 aliphatic carbocycles. The third kappa shape index (κ3) is 3.61. The highest BCUT2D eigenvalue weighted by molar-refractivity contribution is 7.28. The van der Waals surface area contributed by atoms with Gasteiger partial charge in [-0.3, -0.25) is 9.59 Å². The van der Waals surface area contributed by atoms with E-state index in [2.05, 4.69) is 85.3 Å². The van der Waals surface area contributed by atoms with Crippen molar-refractivity contribution in [2.75, 3.05) is 4.81 Å². The fourth-order valence-corrected chi connectivity index (χ4v) is 8.02. The summed E-state index contributed by atoms with van der Waals surface area (Å²) in [4.78, 5) is 30.0. The molecule has 4 aromatic carbocycles. The summed E-state index contributed by atoms with van der Waals surface area (Å²) in [5, 5.41) is 4.26. The lowest BCUT2D eigenvalue weighted by atomic mass is 9.74. The molecule has 1 aliphatic heterocycles. The van der Waals surface area contributed by atoms with Gasteiger partial charge >= 0.3 is 0 Å². The molecule has 6 heteroatoms. The number of carbonyl (C=O) groups excluding carboxylic acids is 2. The number of anilines is 2. The molecule has 194 valence electrons. The van der Waals surface area contributed by atoms with E-state index in [0.717, 1.165) is 20.7 Å². The van der Waals surface area contributed by atoms with Crippen LogP contribution in [0.4, 0.5) is 10.7 Å². The molecule has 1 atom stereocenters. The Labute approximate surface area is 241 Å². The first kappa shape index (κ1) is 25.2. The van der Waals surface area contributed by atoms with Gasteiger partial charge in [-0.1, -0.05) is 62.4 Å². The van der Waals surface area contributed by atoms with Crippen LogP contribution in [0.5, 0.6) is 0 Å². The molecule has 1 aromatic heterocycles. The lowest BCUT2D eigenvalue weighted by Crippen LogP contribution is -2.30. The maximum atomic E-state index is 13.4. The van der Waals surface area contributed by atoms with Gasteiger partial charge in [-0.25, -0.2) is 0 Å². The van der Waals surface area contributed by atoms with E-state index in [9.17, 15) is 9.59 Å². The van der Waals surface area contributed by atoms with Gasteiger partial charge in [0.05, 0.1) is 10.6 Å². The van der Waals surface area contributed by atoms with Crippen molar-refractivity contribution >= 4 is 73.0 Å². The smallest absolute Gasteiger partial charge is 0.224 e. The lowest BCUT2D eigenvalue weighted by Gasteiger charge is -2.39. The zero-order valence-electron chi connectivity index (χ0n) is 22.8. The van der Waals surface area contributed by atoms with Crippen molar-refractivity contribution in [3.05, 3.63) is 117 Å². The van der Waals surface area contributed by atoms with E-state index < -0.39 is 0 Å². The molecule has 3 nitrogen and oxygen atoms in total. The minimum absolute atomic E-state index is 0.191. The summed E-state index contributed by atoms with van der Waals surface area (Å²) in [5.74, 6) is -0.381. The molecule has 0 saturated heterocycles. The number of Topliss-reactive ketones (excluding diaryl/α,β-unsaturated/α-hetero) is 2. The van der Waals surface area contributed by atoms with Crippen molar-refractivity contribution in [2.45, 2.75) is 26.2 Å². The summed E-state index contributed by atoms with van der Waals surface area (Å²) in [6, 6.07) is 26.8. The molecule has 0 saturated carbocycles. The third-order valence-corrected chi connectivity index (χ3v) is 10.1. The molecule has 2 aliphatic rings. The monoisotopic (exact) mass is 555 g/mol. The maximum Gasteiger partial charge on any atom is 0.224 e. The van der Waals surface area contributed by atoms with Gasteiger partial charge in [0.1, 0.15) is 0 Å². The molecule has 0 amide bonds. The molecule has 1 unspecified atom stereocenters. The summed E-state index contributed by atoms with van der Waals surface area (Å²) in [5.41, 5.74) is 8.33. The molecule has 0 spiro atoms. The van der Waals surface area contributed by atoms with Crippen molar-refractivity contribution < 1.29 is 9.59 Å². The second kappa shape index (κ2) is 8.86. The summed E-state index contributed by atoms with van der Waals surface area (Å²) in [7, 11) is 4.97. The number of carbonyl (C=O) groups is 2. The van der Waals surface area contributed by atoms with Crippen molar-refractivity contribution in [3.8, 4) is 11.1 Å². The minimum Gasteiger partial charge on any atom is -0.385 e. The van der Waals surface area contributed by atoms with Gasteiger partial charge in [-0.2, -0.15) is 0 Å². The van der Waals surface area contributed by atoms with Gasteiger partial charge in [0, 0.05) is 27.1 Å². The van der Waals surface area contributed by atoms with Crippen LogP contribution < -0.4 is 10.1 Å². The average Bonchev–Trinajstić information content (AvgIpc) is 3.47. The standard InChI is InChI=1S/C34H27BNO2PS/c1-18-7-6-10-29(39)30(18)21-11-12-28-26(15-21)34(2,3)27-17-22(40-33(27)36(28)35)16-25-31(37)23-13-19-8-4-5-9-20(19)14-24(23)32(25)38/h4-17H,35,39H2,1-3H3. The number of hydrogen-bond acceptors (Lipinski definition) is 4. The quantitative estimate of drug-likeness (QED) is 0.100. The van der Waals surface area contributed by atoms with E-state index in [1.807, 2.05) is 36.4 Å². The van der Waals surface area contributed by atoms with Crippen molar-refractivity contribution in [3.63, 3.8) is 0 Å². The molecular weight excluding hydrogens is 528 g/mol. The Bertz CT molecular complexity index is 1890. The summed E-state index contributed by atoms with van der Waals surface area (Å²) in [6.07, 6.45) is 1.80. The van der Waals surface area contributed by atoms with Crippen molar-refractivity contribution in [1.29, 1.82) is 0 Å². The molecule has 0 bridgehead atoms. The van der Waals surface area contributed by atoms with E-state index in [-0.39, 0.29) is 22.6 Å². The third-order valence-electron chi connectivity index (χ3n) is 8.49. The van der Waals surface area contributed by atoms with Crippen LogP contribution in [0.25, 0.3) is 28.0 Å². The highest BCUT2D eigenvalue weighted by Crippen LogP contribution is 2.52. The van der Waals surface area contributed by atoms with Gasteiger partial charge in [0.15, 0.2) is 11.6 Å². The number of aryl methyl sites for hydroxylation is 1. The molecule has 7 rings (SSSR count). The van der Waals surface area contributed by atoms with Gasteiger partial charge in [0.25, 0.3) is 0 Å². The zero-order chi connectivity index (χ0) is 27.9. The predicted molar refractivity (Wildman–Crippen MR) is 174 cm³/mol. The fraction of sp³-hybridized carbons (Fsp3) is 0.118. The minimum atomic E-state index is -0.255. The second-order valence-corrected chi connectivity index (χ2v) is 13.0. The number of thiophene rings is 1. The summed E-state index contributed by atoms with van der Waals surface area (Å²) < 4.78 is 0. The van der Waals surface area contributed by atoms with Gasteiger partial charge in [-0.15, -0.1) is 20.6 Å². The largest absolute Gasteiger partial charge is 0.385 e. The summed E-state index contributed by atoms with van der Waals surface area (Å²) >= 11 is 1.63. The van der Waals surface area contributed by atoms with Crippen LogP contribution in [0, 0.1) is 6.92 Å². The first-order chi connectivity index (χ1) is 19.1. The first-order valence-corrected chi connectivity index (χ1v) is 14.8. The molecule has 0 radical (unpaired) electrons. The van der Waals surface area contributed by atoms with Crippen LogP contribution in [-0.4, -0.2) is 19.5 Å². The second-order valence-electron chi connectivity index (χ2n) is 11.3. The molecule has 0 fully saturated rings. The summed E-state index contributed by atoms with van der Waals surface area (Å²) in [6.45, 7) is 6.68. The highest BCUT2D eigenvalue weighted by Gasteiger charge is 2.38. The lowest BCUT2D eigenvalue weighted by molar-refractivity contribution is 0.0990. The number of ketones is 2. The number of fused-ring (bicyclic) bond motifs is 4. The average molecular weight is 555 g/mol. The fourth-order valence-electron chi connectivity index (χ4n) is 6.27. The number of nitrogens with zero attached hydrogens (tertiary/aromatic N) is 1. The van der Waals surface area contributed by atoms with Crippen molar-refractivity contribution in [2.24, 2.45) is 0 Å². The van der Waals surface area contributed by atoms with E-state index in [4.69, 9.17) is 0 Å². The van der Waals surface area contributed by atoms with Crippen LogP contribution in [0.2, 0.25) is 0 Å². The number of rotatable bonds is 2. The van der Waals surface area contributed by atoms with Crippen molar-refractivity contribution in [1.82, 2.24) is 0 Å². The van der Waals surface area contributed by atoms with E-state index >= 15 is 0 Å². The Kier molecular flexibility index (Phi) is 5.58. The van der Waals surface area contributed by atoms with Gasteiger partial charge < -0.3 is 4.81 Å². The van der Waals surface area contributed by atoms with E-state index in [1.54, 1.807) is 17.4 Å². The number of hydrogen-bond donors (Lipinski definition) is 0. The normalized spacial score (nSPS) is 15.3. The molecule has 5 aromatic rings. The Morgan fingerprint density at radius 2 is 1.52 bits per heavy atom. The number of allylic oxidation sites excluding steroid dienone is 1. The van der Waals surface area contributed by atoms with Crippen LogP contribution in [0.3, 0.4) is 0 Å². The predicted octanol–water partition coefficient (Wildman–Crippen LogP) is 7.17. The van der Waals surface area contributed by atoms with Crippen LogP contribution >= 0.6 is 20.6 Å². The van der Waals surface area contributed by atoms with E-state index in [1.165, 1.54) is 38.8 Å². The Balaban J connectivity index is 1.31. The van der Waals surface area contributed by atoms with Gasteiger partial charge in [0.2, 0.25) is 7.98 Å². The zero-order valence-corrected chi connectivity index (χ0v) is 24.8. The molecule has 40 heavy (non-hydrogen) atoms. The van der Waals surface area contributed by atoms with Crippen LogP contribution in [-0.2, 0) is 5.41 Å². The van der Waals surface area contributed by atoms with E-state index in [0.29, 0.717) is 11.1 Å². The topological polar surface area (TPSA) is 37.4 Å². The molecular formula is C34H27BNO2PS. The number of benzene rings is 4. The Morgan fingerprint density at radius 1 is 0.850 bits per heavy atom. The van der Waals surface area contributed by atoms with Crippen LogP contribution in [0.15, 0.2) is 84.4 Å². The maximum absolute atomic E-state index is 13.4. The first-order valence-electron chi connectivity index (χ1n) is 13.4.